The summed E-state index contributed by atoms with van der Waals surface area (Å²) in [6, 6.07) is 22.9. The van der Waals surface area contributed by atoms with Crippen molar-refractivity contribution in [1.29, 1.82) is 0 Å². The van der Waals surface area contributed by atoms with Gasteiger partial charge in [0.25, 0.3) is 0 Å². The van der Waals surface area contributed by atoms with E-state index in [1.54, 1.807) is 0 Å². The fourth-order valence-electron chi connectivity index (χ4n) is 5.52. The van der Waals surface area contributed by atoms with Crippen molar-refractivity contribution in [2.75, 3.05) is 0 Å². The summed E-state index contributed by atoms with van der Waals surface area (Å²) < 4.78 is 6.35. The van der Waals surface area contributed by atoms with Gasteiger partial charge >= 0.3 is 5.97 Å². The van der Waals surface area contributed by atoms with Gasteiger partial charge in [-0.25, -0.2) is 0 Å². The molecule has 0 spiro atoms. The molecule has 4 atom stereocenters. The number of rotatable bonds is 12. The summed E-state index contributed by atoms with van der Waals surface area (Å²) in [5, 5.41) is 10.8. The zero-order valence-electron chi connectivity index (χ0n) is 25.1. The predicted octanol–water partition coefficient (Wildman–Crippen LogP) is 7.64. The van der Waals surface area contributed by atoms with Gasteiger partial charge in [0, 0.05) is 19.1 Å². The van der Waals surface area contributed by atoms with Crippen LogP contribution in [-0.4, -0.2) is 28.1 Å². The number of aliphatic hydroxyl groups is 1. The highest BCUT2D eigenvalue weighted by Gasteiger charge is 2.34. The van der Waals surface area contributed by atoms with Crippen LogP contribution in [0.1, 0.15) is 79.2 Å². The Morgan fingerprint density at radius 2 is 1.44 bits per heavy atom. The highest BCUT2D eigenvalue weighted by molar-refractivity contribution is 5.73. The first-order valence-corrected chi connectivity index (χ1v) is 14.3. The summed E-state index contributed by atoms with van der Waals surface area (Å²) in [4.78, 5) is 16.0. The van der Waals surface area contributed by atoms with Crippen molar-refractivity contribution in [2.24, 2.45) is 11.8 Å². The fraction of sp³-hybridized carbons (Fsp3) is 0.457. The summed E-state index contributed by atoms with van der Waals surface area (Å²) in [5.74, 6) is -0.923. The second-order valence-electron chi connectivity index (χ2n) is 11.5. The molecule has 0 radical (unpaired) electrons. The van der Waals surface area contributed by atoms with Crippen molar-refractivity contribution >= 4 is 5.97 Å². The normalized spacial score (nSPS) is 14.7. The second kappa shape index (κ2) is 13.9. The Labute approximate surface area is 236 Å². The molecule has 39 heavy (non-hydrogen) atoms. The molecule has 2 unspecified atom stereocenters. The lowest BCUT2D eigenvalue weighted by Crippen LogP contribution is -2.41. The van der Waals surface area contributed by atoms with E-state index in [-0.39, 0.29) is 17.9 Å². The molecule has 0 fully saturated rings. The van der Waals surface area contributed by atoms with E-state index in [2.05, 4.69) is 75.9 Å². The Bertz CT molecular complexity index is 1200. The first kappa shape index (κ1) is 30.6. The summed E-state index contributed by atoms with van der Waals surface area (Å²) >= 11 is 0. The number of carbonyl (C=O) groups excluding carboxylic acids is 1. The summed E-state index contributed by atoms with van der Waals surface area (Å²) in [7, 11) is 0. The molecule has 0 saturated heterocycles. The maximum absolute atomic E-state index is 13.5. The van der Waals surface area contributed by atoms with Gasteiger partial charge in [-0.2, -0.15) is 0 Å². The Morgan fingerprint density at radius 3 is 2.00 bits per heavy atom. The third-order valence-corrected chi connectivity index (χ3v) is 8.06. The first-order chi connectivity index (χ1) is 18.5. The van der Waals surface area contributed by atoms with Crippen LogP contribution in [0.2, 0.25) is 0 Å². The van der Waals surface area contributed by atoms with E-state index in [1.807, 2.05) is 51.1 Å². The first-order valence-electron chi connectivity index (χ1n) is 14.3. The molecule has 3 aromatic rings. The van der Waals surface area contributed by atoms with Gasteiger partial charge in [-0.3, -0.25) is 9.69 Å². The van der Waals surface area contributed by atoms with Crippen LogP contribution < -0.4 is 0 Å². The summed E-state index contributed by atoms with van der Waals surface area (Å²) in [5.41, 5.74) is 8.57. The number of hydrogen-bond donors (Lipinski definition) is 1. The fourth-order valence-corrected chi connectivity index (χ4v) is 5.52. The van der Waals surface area contributed by atoms with Crippen molar-refractivity contribution < 1.29 is 14.6 Å². The molecule has 0 aliphatic rings. The zero-order chi connectivity index (χ0) is 28.7. The molecular weight excluding hydrogens is 482 g/mol. The van der Waals surface area contributed by atoms with Gasteiger partial charge < -0.3 is 9.84 Å². The molecule has 210 valence electrons. The van der Waals surface area contributed by atoms with Crippen molar-refractivity contribution in [3.8, 4) is 0 Å². The quantitative estimate of drug-likeness (QED) is 0.245. The number of esters is 1. The van der Waals surface area contributed by atoms with E-state index in [4.69, 9.17) is 4.74 Å². The second-order valence-corrected chi connectivity index (χ2v) is 11.5. The van der Waals surface area contributed by atoms with Crippen molar-refractivity contribution in [3.05, 3.63) is 106 Å². The van der Waals surface area contributed by atoms with E-state index in [0.29, 0.717) is 6.42 Å². The number of benzene rings is 3. The largest absolute Gasteiger partial charge is 0.456 e. The minimum atomic E-state index is -0.741. The molecule has 3 aromatic carbocycles. The van der Waals surface area contributed by atoms with Crippen LogP contribution in [0.3, 0.4) is 0 Å². The van der Waals surface area contributed by atoms with Crippen molar-refractivity contribution in [1.82, 2.24) is 4.90 Å². The van der Waals surface area contributed by atoms with Crippen LogP contribution in [-0.2, 0) is 22.6 Å². The highest BCUT2D eigenvalue weighted by Crippen LogP contribution is 2.31. The maximum Gasteiger partial charge on any atom is 0.312 e. The van der Waals surface area contributed by atoms with Crippen LogP contribution in [0.5, 0.6) is 0 Å². The SMILES string of the molecule is CCC(C(=O)O[C@H](c1ccccc1)[C@H](C)N(Cc1ccccc1C)Cc1c(C)cc(C)cc1C)C(O)C(C)C. The monoisotopic (exact) mass is 529 g/mol. The number of aliphatic hydroxyl groups excluding tert-OH is 1. The summed E-state index contributed by atoms with van der Waals surface area (Å²) in [6.45, 7) is 18.1. The smallest absolute Gasteiger partial charge is 0.312 e. The number of aryl methyl sites for hydroxylation is 4. The van der Waals surface area contributed by atoms with Gasteiger partial charge in [0.1, 0.15) is 6.10 Å². The van der Waals surface area contributed by atoms with Gasteiger partial charge in [0.05, 0.1) is 12.0 Å². The minimum Gasteiger partial charge on any atom is -0.456 e. The van der Waals surface area contributed by atoms with E-state index in [1.165, 1.54) is 33.4 Å². The van der Waals surface area contributed by atoms with Gasteiger partial charge in [-0.05, 0) is 80.3 Å². The third kappa shape index (κ3) is 7.80. The average Bonchev–Trinajstić information content (AvgIpc) is 2.90. The lowest BCUT2D eigenvalue weighted by Gasteiger charge is -2.37. The molecule has 4 nitrogen and oxygen atoms in total. The molecule has 0 amide bonds. The van der Waals surface area contributed by atoms with E-state index in [0.717, 1.165) is 18.7 Å². The third-order valence-electron chi connectivity index (χ3n) is 8.06. The molecule has 3 rings (SSSR count). The molecule has 0 aliphatic carbocycles. The number of ether oxygens (including phenoxy) is 1. The van der Waals surface area contributed by atoms with Crippen LogP contribution in [0.15, 0.2) is 66.7 Å². The lowest BCUT2D eigenvalue weighted by molar-refractivity contribution is -0.163. The molecule has 0 saturated carbocycles. The van der Waals surface area contributed by atoms with Crippen LogP contribution in [0.4, 0.5) is 0 Å². The Kier molecular flexibility index (Phi) is 10.9. The molecule has 1 N–H and O–H groups in total. The maximum atomic E-state index is 13.5. The Hall–Kier alpha value is -2.95. The predicted molar refractivity (Wildman–Crippen MR) is 160 cm³/mol. The van der Waals surface area contributed by atoms with Crippen molar-refractivity contribution in [3.63, 3.8) is 0 Å². The van der Waals surface area contributed by atoms with E-state index >= 15 is 0 Å². The average molecular weight is 530 g/mol. The molecule has 4 heteroatoms. The summed E-state index contributed by atoms with van der Waals surface area (Å²) in [6.07, 6.45) is -0.694. The molecule has 0 aromatic heterocycles. The highest BCUT2D eigenvalue weighted by atomic mass is 16.5. The molecular formula is C35H47NO3. The van der Waals surface area contributed by atoms with Crippen LogP contribution in [0, 0.1) is 39.5 Å². The van der Waals surface area contributed by atoms with Gasteiger partial charge in [0.15, 0.2) is 0 Å². The molecule has 0 bridgehead atoms. The van der Waals surface area contributed by atoms with Gasteiger partial charge in [-0.1, -0.05) is 93.1 Å². The lowest BCUT2D eigenvalue weighted by atomic mass is 9.91. The Balaban J connectivity index is 2.04. The van der Waals surface area contributed by atoms with E-state index < -0.39 is 18.1 Å². The Morgan fingerprint density at radius 1 is 0.846 bits per heavy atom. The van der Waals surface area contributed by atoms with Crippen LogP contribution >= 0.6 is 0 Å². The van der Waals surface area contributed by atoms with Gasteiger partial charge in [0.2, 0.25) is 0 Å². The number of carbonyl (C=O) groups is 1. The number of nitrogens with zero attached hydrogens (tertiary/aromatic N) is 1. The topological polar surface area (TPSA) is 49.8 Å². The van der Waals surface area contributed by atoms with Gasteiger partial charge in [-0.15, -0.1) is 0 Å². The standard InChI is InChI=1S/C35H47NO3/c1-9-31(33(37)23(2)3)35(38)39-34(29-16-11-10-12-17-29)28(8)36(21-30-18-14-13-15-25(30)5)22-32-26(6)19-24(4)20-27(32)7/h10-20,23,28,31,33-34,37H,9,21-22H2,1-8H3/t28-,31?,33?,34-/m0/s1. The van der Waals surface area contributed by atoms with Crippen LogP contribution in [0.25, 0.3) is 0 Å². The minimum absolute atomic E-state index is 0.0276. The molecule has 0 heterocycles. The molecule has 0 aliphatic heterocycles. The van der Waals surface area contributed by atoms with Crippen molar-refractivity contribution in [2.45, 2.75) is 93.2 Å². The zero-order valence-corrected chi connectivity index (χ0v) is 25.1. The van der Waals surface area contributed by atoms with E-state index in [9.17, 15) is 9.90 Å². The number of hydrogen-bond acceptors (Lipinski definition) is 4.